The van der Waals surface area contributed by atoms with Gasteiger partial charge in [0, 0.05) is 12.5 Å². The van der Waals surface area contributed by atoms with Crippen molar-refractivity contribution in [3.05, 3.63) is 48.3 Å². The maximum atomic E-state index is 13.6. The average molecular weight is 392 g/mol. The van der Waals surface area contributed by atoms with Gasteiger partial charge < -0.3 is 15.4 Å². The zero-order chi connectivity index (χ0) is 19.6. The summed E-state index contributed by atoms with van der Waals surface area (Å²) in [7, 11) is -3.83. The average Bonchev–Trinajstić information content (AvgIpc) is 2.63. The van der Waals surface area contributed by atoms with Crippen LogP contribution in [0.4, 0.5) is 15.8 Å². The fourth-order valence-corrected chi connectivity index (χ4v) is 3.96. The van der Waals surface area contributed by atoms with Crippen LogP contribution in [0.1, 0.15) is 13.3 Å². The molecule has 0 fully saturated rings. The van der Waals surface area contributed by atoms with E-state index in [0.29, 0.717) is 5.69 Å². The molecule has 27 heavy (non-hydrogen) atoms. The van der Waals surface area contributed by atoms with E-state index < -0.39 is 26.8 Å². The van der Waals surface area contributed by atoms with Gasteiger partial charge in [-0.25, -0.2) is 12.8 Å². The van der Waals surface area contributed by atoms with Crippen molar-refractivity contribution in [3.63, 3.8) is 0 Å². The molecule has 0 aliphatic carbocycles. The van der Waals surface area contributed by atoms with Gasteiger partial charge in [-0.1, -0.05) is 12.1 Å². The van der Waals surface area contributed by atoms with Crippen molar-refractivity contribution in [2.75, 3.05) is 17.2 Å². The van der Waals surface area contributed by atoms with Crippen LogP contribution in [-0.4, -0.2) is 32.1 Å². The largest absolute Gasteiger partial charge is 0.482 e. The molecular formula is C18H17FN2O5S. The lowest BCUT2D eigenvalue weighted by Crippen LogP contribution is -2.27. The monoisotopic (exact) mass is 392 g/mol. The van der Waals surface area contributed by atoms with Crippen LogP contribution < -0.4 is 15.4 Å². The minimum absolute atomic E-state index is 0.00924. The van der Waals surface area contributed by atoms with E-state index >= 15 is 0 Å². The van der Waals surface area contributed by atoms with Crippen molar-refractivity contribution in [1.82, 2.24) is 0 Å². The van der Waals surface area contributed by atoms with Crippen LogP contribution in [0.15, 0.2) is 47.4 Å². The number of amides is 2. The molecule has 0 bridgehead atoms. The van der Waals surface area contributed by atoms with Crippen molar-refractivity contribution in [2.45, 2.75) is 23.5 Å². The second kappa shape index (κ2) is 7.36. The Morgan fingerprint density at radius 2 is 2.04 bits per heavy atom. The molecule has 0 aromatic heterocycles. The minimum Gasteiger partial charge on any atom is -0.482 e. The summed E-state index contributed by atoms with van der Waals surface area (Å²) in [5.74, 6) is -1.29. The number of hydrogen-bond acceptors (Lipinski definition) is 5. The van der Waals surface area contributed by atoms with Crippen LogP contribution in [0.2, 0.25) is 0 Å². The predicted molar refractivity (Wildman–Crippen MR) is 96.9 cm³/mol. The molecular weight excluding hydrogens is 375 g/mol. The Hall–Kier alpha value is -2.94. The number of nitrogens with one attached hydrogen (secondary N) is 2. The van der Waals surface area contributed by atoms with Gasteiger partial charge in [-0.05, 0) is 31.2 Å². The topological polar surface area (TPSA) is 102 Å². The first-order valence-corrected chi connectivity index (χ1v) is 9.67. The second-order valence-corrected chi connectivity index (χ2v) is 8.45. The lowest BCUT2D eigenvalue weighted by molar-refractivity contribution is -0.118. The maximum Gasteiger partial charge on any atom is 0.262 e. The van der Waals surface area contributed by atoms with E-state index in [-0.39, 0.29) is 35.3 Å². The third-order valence-corrected chi connectivity index (χ3v) is 6.20. The van der Waals surface area contributed by atoms with Gasteiger partial charge in [0.2, 0.25) is 5.91 Å². The molecule has 2 amide bonds. The molecule has 1 unspecified atom stereocenters. The molecule has 2 N–H and O–H groups in total. The van der Waals surface area contributed by atoms with Gasteiger partial charge in [-0.2, -0.15) is 0 Å². The van der Waals surface area contributed by atoms with E-state index in [4.69, 9.17) is 4.74 Å². The Morgan fingerprint density at radius 3 is 2.78 bits per heavy atom. The van der Waals surface area contributed by atoms with Crippen LogP contribution in [0.5, 0.6) is 5.75 Å². The Labute approximate surface area is 155 Å². The van der Waals surface area contributed by atoms with E-state index in [1.807, 2.05) is 0 Å². The zero-order valence-electron chi connectivity index (χ0n) is 14.4. The van der Waals surface area contributed by atoms with E-state index in [0.717, 1.165) is 0 Å². The Balaban J connectivity index is 1.74. The molecule has 1 aliphatic heterocycles. The molecule has 1 aliphatic rings. The van der Waals surface area contributed by atoms with Crippen LogP contribution in [-0.2, 0) is 19.4 Å². The number of benzene rings is 2. The SMILES string of the molecule is CC(CC(=O)Nc1ccccc1F)S(=O)(=O)c1ccc2c(c1)OCC(=O)N2. The van der Waals surface area contributed by atoms with Gasteiger partial charge in [-0.15, -0.1) is 0 Å². The molecule has 3 rings (SSSR count). The lowest BCUT2D eigenvalue weighted by atomic mass is 10.2. The van der Waals surface area contributed by atoms with Gasteiger partial charge in [-0.3, -0.25) is 9.59 Å². The summed E-state index contributed by atoms with van der Waals surface area (Å²) in [4.78, 5) is 23.4. The summed E-state index contributed by atoms with van der Waals surface area (Å²) >= 11 is 0. The van der Waals surface area contributed by atoms with Crippen LogP contribution in [0.3, 0.4) is 0 Å². The smallest absolute Gasteiger partial charge is 0.262 e. The molecule has 0 spiro atoms. The lowest BCUT2D eigenvalue weighted by Gasteiger charge is -2.19. The van der Waals surface area contributed by atoms with Crippen LogP contribution >= 0.6 is 0 Å². The molecule has 2 aromatic carbocycles. The number of para-hydroxylation sites is 1. The van der Waals surface area contributed by atoms with Gasteiger partial charge in [0.25, 0.3) is 5.91 Å². The van der Waals surface area contributed by atoms with Gasteiger partial charge in [0.15, 0.2) is 16.4 Å². The third kappa shape index (κ3) is 4.08. The number of ether oxygens (including phenoxy) is 1. The summed E-state index contributed by atoms with van der Waals surface area (Å²) in [6, 6.07) is 9.72. The molecule has 142 valence electrons. The van der Waals surface area contributed by atoms with Crippen molar-refractivity contribution < 1.29 is 27.1 Å². The standard InChI is InChI=1S/C18H17FN2O5S/c1-11(8-17(22)20-14-5-3-2-4-13(14)19)27(24,25)12-6-7-15-16(9-12)26-10-18(23)21-15/h2-7,9,11H,8,10H2,1H3,(H,20,22)(H,21,23). The molecule has 1 heterocycles. The summed E-state index contributed by atoms with van der Waals surface area (Å²) < 4.78 is 44.3. The normalized spacial score (nSPS) is 14.5. The quantitative estimate of drug-likeness (QED) is 0.813. The zero-order valence-corrected chi connectivity index (χ0v) is 15.2. The number of sulfone groups is 1. The van der Waals surface area contributed by atoms with Crippen molar-refractivity contribution in [2.24, 2.45) is 0 Å². The van der Waals surface area contributed by atoms with Gasteiger partial charge >= 0.3 is 0 Å². The number of carbonyl (C=O) groups excluding carboxylic acids is 2. The Kier molecular flexibility index (Phi) is 5.13. The first-order valence-electron chi connectivity index (χ1n) is 8.12. The number of rotatable bonds is 5. The summed E-state index contributed by atoms with van der Waals surface area (Å²) in [6.07, 6.45) is -0.342. The fourth-order valence-electron chi connectivity index (χ4n) is 2.60. The number of hydrogen-bond donors (Lipinski definition) is 2. The highest BCUT2D eigenvalue weighted by atomic mass is 32.2. The highest BCUT2D eigenvalue weighted by molar-refractivity contribution is 7.92. The summed E-state index contributed by atoms with van der Waals surface area (Å²) in [6.45, 7) is 1.20. The van der Waals surface area contributed by atoms with E-state index in [2.05, 4.69) is 10.6 Å². The number of anilines is 2. The highest BCUT2D eigenvalue weighted by Gasteiger charge is 2.28. The maximum absolute atomic E-state index is 13.6. The summed E-state index contributed by atoms with van der Waals surface area (Å²) in [5.41, 5.74) is 0.375. The van der Waals surface area contributed by atoms with Crippen LogP contribution in [0.25, 0.3) is 0 Å². The first kappa shape index (κ1) is 18.8. The molecule has 7 nitrogen and oxygen atoms in total. The molecule has 0 saturated heterocycles. The van der Waals surface area contributed by atoms with Crippen LogP contribution in [0, 0.1) is 5.82 Å². The number of halogens is 1. The van der Waals surface area contributed by atoms with Gasteiger partial charge in [0.05, 0.1) is 21.5 Å². The Morgan fingerprint density at radius 1 is 1.30 bits per heavy atom. The minimum atomic E-state index is -3.83. The van der Waals surface area contributed by atoms with Crippen molar-refractivity contribution >= 4 is 33.0 Å². The van der Waals surface area contributed by atoms with E-state index in [1.54, 1.807) is 6.07 Å². The predicted octanol–water partition coefficient (Wildman–Crippen LogP) is 2.35. The molecule has 0 radical (unpaired) electrons. The van der Waals surface area contributed by atoms with Crippen molar-refractivity contribution in [3.8, 4) is 5.75 Å². The Bertz CT molecular complexity index is 1010. The van der Waals surface area contributed by atoms with E-state index in [9.17, 15) is 22.4 Å². The molecule has 0 saturated carbocycles. The molecule has 9 heteroatoms. The van der Waals surface area contributed by atoms with Crippen molar-refractivity contribution in [1.29, 1.82) is 0 Å². The summed E-state index contributed by atoms with van der Waals surface area (Å²) in [5, 5.41) is 3.90. The highest BCUT2D eigenvalue weighted by Crippen LogP contribution is 2.32. The molecule has 1 atom stereocenters. The fraction of sp³-hybridized carbons (Fsp3) is 0.222. The second-order valence-electron chi connectivity index (χ2n) is 6.08. The third-order valence-electron chi connectivity index (χ3n) is 4.06. The number of fused-ring (bicyclic) bond motifs is 1. The first-order chi connectivity index (χ1) is 12.8. The van der Waals surface area contributed by atoms with E-state index in [1.165, 1.54) is 43.3 Å². The number of carbonyl (C=O) groups is 2. The molecule has 2 aromatic rings. The van der Waals surface area contributed by atoms with Gasteiger partial charge in [0.1, 0.15) is 11.6 Å².